The van der Waals surface area contributed by atoms with Crippen LogP contribution in [0, 0.1) is 11.8 Å². The zero-order valence-corrected chi connectivity index (χ0v) is 22.9. The second-order valence-corrected chi connectivity index (χ2v) is 12.2. The molecule has 1 fully saturated rings. The Morgan fingerprint density at radius 1 is 1.15 bits per heavy atom. The molecule has 0 amide bonds. The minimum Gasteiger partial charge on any atom is -0.489 e. The number of rotatable bonds is 13. The van der Waals surface area contributed by atoms with Crippen LogP contribution in [-0.4, -0.2) is 61.2 Å². The summed E-state index contributed by atoms with van der Waals surface area (Å²) < 4.78 is 68.3. The second-order valence-electron chi connectivity index (χ2n) is 9.94. The van der Waals surface area contributed by atoms with E-state index in [0.29, 0.717) is 30.3 Å². The molecule has 9 nitrogen and oxygen atoms in total. The number of carboxylic acids is 1. The normalized spacial score (nSPS) is 18.0. The number of alkyl halides is 3. The van der Waals surface area contributed by atoms with Gasteiger partial charge in [0.1, 0.15) is 6.61 Å². The maximum atomic E-state index is 13.5. The van der Waals surface area contributed by atoms with Gasteiger partial charge in [0.05, 0.1) is 23.7 Å². The van der Waals surface area contributed by atoms with Crippen molar-refractivity contribution in [3.05, 3.63) is 41.7 Å². The number of halogens is 3. The van der Waals surface area contributed by atoms with Crippen molar-refractivity contribution >= 4 is 27.4 Å². The van der Waals surface area contributed by atoms with Gasteiger partial charge in [-0.1, -0.05) is 0 Å². The molecule has 0 bridgehead atoms. The van der Waals surface area contributed by atoms with Gasteiger partial charge >= 0.3 is 12.1 Å². The molecule has 0 spiro atoms. The van der Waals surface area contributed by atoms with Gasteiger partial charge in [-0.05, 0) is 68.2 Å². The third-order valence-electron chi connectivity index (χ3n) is 6.83. The number of sulfone groups is 1. The Hall–Kier alpha value is -3.09. The van der Waals surface area contributed by atoms with Crippen LogP contribution in [0.25, 0.3) is 0 Å². The Kier molecular flexibility index (Phi) is 10.4. The van der Waals surface area contributed by atoms with E-state index in [9.17, 15) is 26.4 Å². The number of carboxylic acid groups (broad SMARTS) is 1. The first kappa shape index (κ1) is 30.5. The van der Waals surface area contributed by atoms with Crippen molar-refractivity contribution in [1.82, 2.24) is 9.97 Å². The van der Waals surface area contributed by atoms with Crippen LogP contribution in [-0.2, 0) is 27.4 Å². The molecule has 0 atom stereocenters. The minimum atomic E-state index is -4.49. The molecule has 13 heteroatoms. The Morgan fingerprint density at radius 3 is 2.36 bits per heavy atom. The molecule has 2 N–H and O–H groups in total. The van der Waals surface area contributed by atoms with Gasteiger partial charge in [-0.3, -0.25) is 4.79 Å². The Balaban J connectivity index is 1.69. The summed E-state index contributed by atoms with van der Waals surface area (Å²) in [5.41, 5.74) is 0.388. The minimum absolute atomic E-state index is 0.0450. The standard InChI is InChI=1S/C26H35F3N4O5S/c1-3-33(17-19-6-4-18(5-7-19)12-24(34)35)23-9-8-21(26(27,28)29)13-20(23)14-30-25-31-15-22(16-32-25)38-10-11-39(2,36)37/h8-9,13,15-16,18-19H,3-7,10-12,14,17H2,1-2H3,(H,34,35)(H,30,31,32). The highest BCUT2D eigenvalue weighted by Crippen LogP contribution is 2.35. The Bertz CT molecular complexity index is 1200. The van der Waals surface area contributed by atoms with Crippen LogP contribution in [0.1, 0.15) is 50.2 Å². The van der Waals surface area contributed by atoms with Crippen LogP contribution in [0.2, 0.25) is 0 Å². The van der Waals surface area contributed by atoms with Crippen LogP contribution in [0.3, 0.4) is 0 Å². The monoisotopic (exact) mass is 572 g/mol. The quantitative estimate of drug-likeness (QED) is 0.354. The highest BCUT2D eigenvalue weighted by atomic mass is 32.2. The number of benzene rings is 1. The lowest BCUT2D eigenvalue weighted by Gasteiger charge is -2.34. The van der Waals surface area contributed by atoms with Gasteiger partial charge in [-0.25, -0.2) is 18.4 Å². The van der Waals surface area contributed by atoms with Gasteiger partial charge in [0.25, 0.3) is 0 Å². The van der Waals surface area contributed by atoms with Crippen molar-refractivity contribution in [2.45, 2.75) is 51.7 Å². The van der Waals surface area contributed by atoms with Crippen molar-refractivity contribution in [2.75, 3.05) is 41.9 Å². The third kappa shape index (κ3) is 9.86. The summed E-state index contributed by atoms with van der Waals surface area (Å²) in [4.78, 5) is 21.3. The predicted octanol–water partition coefficient (Wildman–Crippen LogP) is 4.64. The largest absolute Gasteiger partial charge is 0.489 e. The Morgan fingerprint density at radius 2 is 1.79 bits per heavy atom. The lowest BCUT2D eigenvalue weighted by molar-refractivity contribution is -0.139. The summed E-state index contributed by atoms with van der Waals surface area (Å²) in [5.74, 6) is 0.0393. The van der Waals surface area contributed by atoms with Crippen molar-refractivity contribution in [2.24, 2.45) is 11.8 Å². The number of aromatic nitrogens is 2. The van der Waals surface area contributed by atoms with Crippen molar-refractivity contribution in [1.29, 1.82) is 0 Å². The highest BCUT2D eigenvalue weighted by Gasteiger charge is 2.32. The average molecular weight is 573 g/mol. The number of nitrogens with one attached hydrogen (secondary N) is 1. The Labute approximate surface area is 226 Å². The summed E-state index contributed by atoms with van der Waals surface area (Å²) in [6.07, 6.45) is 2.96. The fourth-order valence-corrected chi connectivity index (χ4v) is 5.14. The van der Waals surface area contributed by atoms with Crippen molar-refractivity contribution in [3.63, 3.8) is 0 Å². The molecule has 1 aromatic heterocycles. The molecule has 0 aliphatic heterocycles. The topological polar surface area (TPSA) is 122 Å². The zero-order valence-electron chi connectivity index (χ0n) is 22.1. The number of aliphatic carboxylic acids is 1. The number of anilines is 2. The van der Waals surface area contributed by atoms with Crippen LogP contribution in [0.4, 0.5) is 24.8 Å². The molecular formula is C26H35F3N4O5S. The van der Waals surface area contributed by atoms with Crippen LogP contribution >= 0.6 is 0 Å². The van der Waals surface area contributed by atoms with E-state index in [1.54, 1.807) is 0 Å². The lowest BCUT2D eigenvalue weighted by Crippen LogP contribution is -2.32. The van der Waals surface area contributed by atoms with E-state index in [-0.39, 0.29) is 42.9 Å². The predicted molar refractivity (Wildman–Crippen MR) is 142 cm³/mol. The van der Waals surface area contributed by atoms with Gasteiger partial charge < -0.3 is 20.1 Å². The average Bonchev–Trinajstić information content (AvgIpc) is 2.86. The van der Waals surface area contributed by atoms with E-state index in [1.165, 1.54) is 18.5 Å². The van der Waals surface area contributed by atoms with E-state index in [1.807, 2.05) is 6.92 Å². The molecule has 1 aliphatic rings. The van der Waals surface area contributed by atoms with E-state index in [4.69, 9.17) is 9.84 Å². The van der Waals surface area contributed by atoms with Gasteiger partial charge in [-0.2, -0.15) is 13.2 Å². The molecule has 3 rings (SSSR count). The first-order chi connectivity index (χ1) is 18.3. The van der Waals surface area contributed by atoms with Gasteiger partial charge in [-0.15, -0.1) is 0 Å². The summed E-state index contributed by atoms with van der Waals surface area (Å²) in [6.45, 7) is 3.23. The molecule has 0 unspecified atom stereocenters. The number of hydrogen-bond acceptors (Lipinski definition) is 8. The van der Waals surface area contributed by atoms with Crippen LogP contribution in [0.15, 0.2) is 30.6 Å². The van der Waals surface area contributed by atoms with Crippen LogP contribution < -0.4 is 15.0 Å². The molecule has 1 aliphatic carbocycles. The molecular weight excluding hydrogens is 537 g/mol. The van der Waals surface area contributed by atoms with E-state index < -0.39 is 27.5 Å². The molecule has 0 saturated heterocycles. The number of carbonyl (C=O) groups is 1. The third-order valence-corrected chi connectivity index (χ3v) is 7.73. The second kappa shape index (κ2) is 13.3. The first-order valence-electron chi connectivity index (χ1n) is 12.9. The summed E-state index contributed by atoms with van der Waals surface area (Å²) in [5, 5.41) is 12.0. The van der Waals surface area contributed by atoms with Gasteiger partial charge in [0.2, 0.25) is 5.95 Å². The van der Waals surface area contributed by atoms with Crippen molar-refractivity contribution < 1.29 is 36.2 Å². The van der Waals surface area contributed by atoms with E-state index in [0.717, 1.165) is 44.1 Å². The number of nitrogens with zero attached hydrogens (tertiary/aromatic N) is 3. The first-order valence-corrected chi connectivity index (χ1v) is 14.9. The van der Waals surface area contributed by atoms with Crippen molar-refractivity contribution in [3.8, 4) is 5.75 Å². The fraction of sp³-hybridized carbons (Fsp3) is 0.577. The maximum absolute atomic E-state index is 13.5. The maximum Gasteiger partial charge on any atom is 0.416 e. The SMILES string of the molecule is CCN(CC1CCC(CC(=O)O)CC1)c1ccc(C(F)(F)F)cc1CNc1ncc(OCCS(C)(=O)=O)cn1. The molecule has 39 heavy (non-hydrogen) atoms. The lowest BCUT2D eigenvalue weighted by atomic mass is 9.80. The molecule has 2 aromatic rings. The summed E-state index contributed by atoms with van der Waals surface area (Å²) >= 11 is 0. The highest BCUT2D eigenvalue weighted by molar-refractivity contribution is 7.90. The van der Waals surface area contributed by atoms with E-state index >= 15 is 0 Å². The zero-order chi connectivity index (χ0) is 28.6. The van der Waals surface area contributed by atoms with Gasteiger partial charge in [0.15, 0.2) is 15.6 Å². The smallest absolute Gasteiger partial charge is 0.416 e. The molecule has 1 aromatic carbocycles. The number of ether oxygens (including phenoxy) is 1. The molecule has 0 radical (unpaired) electrons. The van der Waals surface area contributed by atoms with Crippen LogP contribution in [0.5, 0.6) is 5.75 Å². The van der Waals surface area contributed by atoms with Gasteiger partial charge in [0, 0.05) is 38.0 Å². The molecule has 216 valence electrons. The molecule has 1 heterocycles. The number of hydrogen-bond donors (Lipinski definition) is 2. The molecule has 1 saturated carbocycles. The summed E-state index contributed by atoms with van der Waals surface area (Å²) in [6, 6.07) is 3.72. The fourth-order valence-electron chi connectivity index (χ4n) is 4.75. The van der Waals surface area contributed by atoms with E-state index in [2.05, 4.69) is 20.2 Å². The summed E-state index contributed by atoms with van der Waals surface area (Å²) in [7, 11) is -3.17.